The zero-order valence-electron chi connectivity index (χ0n) is 11.9. The van der Waals surface area contributed by atoms with Crippen molar-refractivity contribution in [2.75, 3.05) is 33.2 Å². The lowest BCUT2D eigenvalue weighted by atomic mass is 10.2. The number of amides is 1. The van der Waals surface area contributed by atoms with E-state index in [0.717, 1.165) is 26.2 Å². The molecule has 0 radical (unpaired) electrons. The number of piperazine rings is 1. The number of nitrogens with zero attached hydrogens (tertiary/aromatic N) is 2. The first kappa shape index (κ1) is 14.7. The Morgan fingerprint density at radius 2 is 1.33 bits per heavy atom. The Morgan fingerprint density at radius 1 is 0.944 bits per heavy atom. The molecule has 1 fully saturated rings. The van der Waals surface area contributed by atoms with E-state index in [0.29, 0.717) is 0 Å². The van der Waals surface area contributed by atoms with Crippen LogP contribution in [0.5, 0.6) is 0 Å². The maximum Gasteiger partial charge on any atom is 0.219 e. The average molecular weight is 248 g/mol. The van der Waals surface area contributed by atoms with Crippen molar-refractivity contribution in [1.82, 2.24) is 9.80 Å². The highest BCUT2D eigenvalue weighted by Gasteiger charge is 2.14. The van der Waals surface area contributed by atoms with E-state index in [1.165, 1.54) is 11.1 Å². The van der Waals surface area contributed by atoms with Crippen molar-refractivity contribution in [1.29, 1.82) is 0 Å². The minimum Gasteiger partial charge on any atom is -0.340 e. The highest BCUT2D eigenvalue weighted by Crippen LogP contribution is 1.99. The summed E-state index contributed by atoms with van der Waals surface area (Å²) in [5, 5.41) is 0. The van der Waals surface area contributed by atoms with E-state index in [4.69, 9.17) is 0 Å². The molecule has 1 aromatic rings. The van der Waals surface area contributed by atoms with E-state index in [1.807, 2.05) is 4.90 Å². The molecule has 1 aromatic carbocycles. The first-order valence-corrected chi connectivity index (χ1v) is 6.46. The molecule has 0 unspecified atom stereocenters. The van der Waals surface area contributed by atoms with Gasteiger partial charge in [-0.3, -0.25) is 4.79 Å². The van der Waals surface area contributed by atoms with Gasteiger partial charge in [-0.25, -0.2) is 0 Å². The molecule has 2 rings (SSSR count). The standard InChI is InChI=1S/C8H10.C7H14N2O/c1-7-3-5-8(2)6-4-7;1-7(10)9-5-3-8(2)4-6-9/h3-6H,1-2H3;3-6H2,1-2H3. The molecule has 0 N–H and O–H groups in total. The number of carbonyl (C=O) groups excluding carboxylic acids is 1. The van der Waals surface area contributed by atoms with Gasteiger partial charge >= 0.3 is 0 Å². The molecule has 18 heavy (non-hydrogen) atoms. The van der Waals surface area contributed by atoms with Crippen LogP contribution in [0.25, 0.3) is 0 Å². The van der Waals surface area contributed by atoms with Crippen molar-refractivity contribution in [2.24, 2.45) is 0 Å². The lowest BCUT2D eigenvalue weighted by Gasteiger charge is -2.31. The number of carbonyl (C=O) groups is 1. The van der Waals surface area contributed by atoms with Crippen molar-refractivity contribution in [3.63, 3.8) is 0 Å². The fraction of sp³-hybridized carbons (Fsp3) is 0.533. The van der Waals surface area contributed by atoms with Gasteiger partial charge in [-0.2, -0.15) is 0 Å². The summed E-state index contributed by atoms with van der Waals surface area (Å²) in [6, 6.07) is 8.48. The molecule has 1 saturated heterocycles. The first-order chi connectivity index (χ1) is 8.49. The fourth-order valence-electron chi connectivity index (χ4n) is 1.76. The average Bonchev–Trinajstić information content (AvgIpc) is 2.34. The van der Waals surface area contributed by atoms with Crippen LogP contribution in [-0.2, 0) is 4.79 Å². The molecule has 0 saturated carbocycles. The number of aryl methyl sites for hydroxylation is 2. The second-order valence-corrected chi connectivity index (χ2v) is 4.96. The van der Waals surface area contributed by atoms with Crippen LogP contribution in [0.15, 0.2) is 24.3 Å². The van der Waals surface area contributed by atoms with Gasteiger partial charge in [0.1, 0.15) is 0 Å². The van der Waals surface area contributed by atoms with Gasteiger partial charge in [-0.05, 0) is 20.9 Å². The molecule has 0 aliphatic carbocycles. The third-order valence-electron chi connectivity index (χ3n) is 3.17. The molecule has 0 spiro atoms. The molecule has 0 atom stereocenters. The van der Waals surface area contributed by atoms with E-state index in [1.54, 1.807) is 6.92 Å². The molecule has 3 nitrogen and oxygen atoms in total. The molecular formula is C15H24N2O. The second kappa shape index (κ2) is 7.17. The van der Waals surface area contributed by atoms with E-state index >= 15 is 0 Å². The van der Waals surface area contributed by atoms with Crippen LogP contribution in [0.3, 0.4) is 0 Å². The Kier molecular flexibility index (Phi) is 5.86. The molecule has 3 heteroatoms. The van der Waals surface area contributed by atoms with Crippen molar-refractivity contribution >= 4 is 5.91 Å². The number of hydrogen-bond donors (Lipinski definition) is 0. The Morgan fingerprint density at radius 3 is 1.67 bits per heavy atom. The summed E-state index contributed by atoms with van der Waals surface area (Å²) in [5.74, 6) is 0.202. The Bertz CT molecular complexity index is 344. The Balaban J connectivity index is 0.000000184. The normalized spacial score (nSPS) is 15.9. The van der Waals surface area contributed by atoms with Crippen LogP contribution in [-0.4, -0.2) is 48.9 Å². The van der Waals surface area contributed by atoms with E-state index in [2.05, 4.69) is 50.1 Å². The van der Waals surface area contributed by atoms with E-state index in [9.17, 15) is 4.79 Å². The predicted molar refractivity (Wildman–Crippen MR) is 75.7 cm³/mol. The van der Waals surface area contributed by atoms with E-state index in [-0.39, 0.29) is 5.91 Å². The maximum absolute atomic E-state index is 10.8. The Hall–Kier alpha value is -1.35. The second-order valence-electron chi connectivity index (χ2n) is 4.96. The highest BCUT2D eigenvalue weighted by atomic mass is 16.2. The van der Waals surface area contributed by atoms with Crippen molar-refractivity contribution in [3.05, 3.63) is 35.4 Å². The van der Waals surface area contributed by atoms with Crippen LogP contribution < -0.4 is 0 Å². The fourth-order valence-corrected chi connectivity index (χ4v) is 1.76. The monoisotopic (exact) mass is 248 g/mol. The summed E-state index contributed by atoms with van der Waals surface area (Å²) in [7, 11) is 2.08. The highest BCUT2D eigenvalue weighted by molar-refractivity contribution is 5.73. The van der Waals surface area contributed by atoms with Crippen molar-refractivity contribution in [2.45, 2.75) is 20.8 Å². The van der Waals surface area contributed by atoms with Gasteiger partial charge in [0.15, 0.2) is 0 Å². The lowest BCUT2D eigenvalue weighted by molar-refractivity contribution is -0.130. The quantitative estimate of drug-likeness (QED) is 0.702. The predicted octanol–water partition coefficient (Wildman–Crippen LogP) is 2.08. The third kappa shape index (κ3) is 5.32. The summed E-state index contributed by atoms with van der Waals surface area (Å²) < 4.78 is 0. The zero-order valence-corrected chi connectivity index (χ0v) is 11.9. The van der Waals surface area contributed by atoms with Gasteiger partial charge in [0.25, 0.3) is 0 Å². The minimum absolute atomic E-state index is 0.202. The van der Waals surface area contributed by atoms with Gasteiger partial charge in [-0.1, -0.05) is 35.4 Å². The topological polar surface area (TPSA) is 23.6 Å². The number of benzene rings is 1. The molecule has 1 amide bonds. The van der Waals surface area contributed by atoms with Crippen molar-refractivity contribution < 1.29 is 4.79 Å². The smallest absolute Gasteiger partial charge is 0.219 e. The van der Waals surface area contributed by atoms with Crippen molar-refractivity contribution in [3.8, 4) is 0 Å². The SMILES string of the molecule is CC(=O)N1CCN(C)CC1.Cc1ccc(C)cc1. The van der Waals surface area contributed by atoms with Crippen LogP contribution >= 0.6 is 0 Å². The zero-order chi connectivity index (χ0) is 13.5. The third-order valence-corrected chi connectivity index (χ3v) is 3.17. The van der Waals surface area contributed by atoms with Gasteiger partial charge in [0.2, 0.25) is 5.91 Å². The van der Waals surface area contributed by atoms with Crippen LogP contribution in [0.1, 0.15) is 18.1 Å². The van der Waals surface area contributed by atoms with Gasteiger partial charge in [-0.15, -0.1) is 0 Å². The first-order valence-electron chi connectivity index (χ1n) is 6.46. The molecule has 1 aliphatic rings. The summed E-state index contributed by atoms with van der Waals surface area (Å²) in [6.45, 7) is 9.64. The van der Waals surface area contributed by atoms with Gasteiger partial charge in [0, 0.05) is 33.1 Å². The van der Waals surface area contributed by atoms with Crippen LogP contribution in [0.2, 0.25) is 0 Å². The summed E-state index contributed by atoms with van der Waals surface area (Å²) in [4.78, 5) is 14.9. The Labute approximate surface area is 110 Å². The lowest BCUT2D eigenvalue weighted by Crippen LogP contribution is -2.46. The number of hydrogen-bond acceptors (Lipinski definition) is 2. The summed E-state index contributed by atoms with van der Waals surface area (Å²) in [5.41, 5.74) is 2.66. The van der Waals surface area contributed by atoms with Crippen LogP contribution in [0, 0.1) is 13.8 Å². The molecule has 100 valence electrons. The van der Waals surface area contributed by atoms with Crippen LogP contribution in [0.4, 0.5) is 0 Å². The molecular weight excluding hydrogens is 224 g/mol. The summed E-state index contributed by atoms with van der Waals surface area (Å²) in [6.07, 6.45) is 0. The molecule has 0 aromatic heterocycles. The molecule has 1 heterocycles. The summed E-state index contributed by atoms with van der Waals surface area (Å²) >= 11 is 0. The van der Waals surface area contributed by atoms with Gasteiger partial charge in [0.05, 0.1) is 0 Å². The molecule has 0 bridgehead atoms. The number of likely N-dealkylation sites (N-methyl/N-ethyl adjacent to an activating group) is 1. The molecule has 1 aliphatic heterocycles. The minimum atomic E-state index is 0.202. The largest absolute Gasteiger partial charge is 0.340 e. The van der Waals surface area contributed by atoms with E-state index < -0.39 is 0 Å². The van der Waals surface area contributed by atoms with Gasteiger partial charge < -0.3 is 9.80 Å². The maximum atomic E-state index is 10.8. The number of rotatable bonds is 0.